The first-order valence-corrected chi connectivity index (χ1v) is 7.60. The molecule has 2 rings (SSSR count). The van der Waals surface area contributed by atoms with Crippen LogP contribution in [0.15, 0.2) is 0 Å². The van der Waals surface area contributed by atoms with Crippen LogP contribution in [0.1, 0.15) is 51.9 Å². The quantitative estimate of drug-likeness (QED) is 0.832. The highest BCUT2D eigenvalue weighted by atomic mass is 19.1. The van der Waals surface area contributed by atoms with Crippen molar-refractivity contribution < 1.29 is 4.39 Å². The molecule has 2 nitrogen and oxygen atoms in total. The number of hydrogen-bond donors (Lipinski definition) is 1. The Labute approximate surface area is 111 Å². The van der Waals surface area contributed by atoms with Crippen molar-refractivity contribution in [2.75, 3.05) is 33.2 Å². The zero-order valence-corrected chi connectivity index (χ0v) is 12.1. The van der Waals surface area contributed by atoms with Crippen molar-refractivity contribution in [2.24, 2.45) is 5.41 Å². The third-order valence-corrected chi connectivity index (χ3v) is 5.10. The van der Waals surface area contributed by atoms with Gasteiger partial charge in [-0.2, -0.15) is 0 Å². The lowest BCUT2D eigenvalue weighted by molar-refractivity contribution is 0.0541. The molecule has 106 valence electrons. The Morgan fingerprint density at radius 3 is 2.28 bits per heavy atom. The number of hydrogen-bond acceptors (Lipinski definition) is 2. The van der Waals surface area contributed by atoms with Gasteiger partial charge in [-0.05, 0) is 70.5 Å². The van der Waals surface area contributed by atoms with Crippen molar-refractivity contribution in [3.8, 4) is 0 Å². The smallest absolute Gasteiger partial charge is 0.113 e. The number of halogens is 1. The molecular formula is C15H29FN2. The van der Waals surface area contributed by atoms with Crippen molar-refractivity contribution >= 4 is 0 Å². The van der Waals surface area contributed by atoms with E-state index in [1.807, 2.05) is 0 Å². The average Bonchev–Trinajstić information content (AvgIpc) is 2.34. The highest BCUT2D eigenvalue weighted by Crippen LogP contribution is 2.37. The fourth-order valence-corrected chi connectivity index (χ4v) is 3.38. The van der Waals surface area contributed by atoms with E-state index in [2.05, 4.69) is 24.2 Å². The number of likely N-dealkylation sites (tertiary alicyclic amines) is 1. The second-order valence-corrected chi connectivity index (χ2v) is 6.87. The lowest BCUT2D eigenvalue weighted by Gasteiger charge is -2.37. The summed E-state index contributed by atoms with van der Waals surface area (Å²) in [5.74, 6) is 0. The van der Waals surface area contributed by atoms with E-state index in [4.69, 9.17) is 0 Å². The van der Waals surface area contributed by atoms with Gasteiger partial charge in [-0.15, -0.1) is 0 Å². The summed E-state index contributed by atoms with van der Waals surface area (Å²) in [6, 6.07) is 0. The molecule has 0 aliphatic carbocycles. The first kappa shape index (κ1) is 14.3. The molecule has 0 aromatic rings. The van der Waals surface area contributed by atoms with Crippen molar-refractivity contribution in [1.82, 2.24) is 10.2 Å². The van der Waals surface area contributed by atoms with Crippen molar-refractivity contribution in [1.29, 1.82) is 0 Å². The third kappa shape index (κ3) is 3.92. The number of alkyl halides is 1. The van der Waals surface area contributed by atoms with Crippen LogP contribution < -0.4 is 5.32 Å². The summed E-state index contributed by atoms with van der Waals surface area (Å²) >= 11 is 0. The molecule has 0 amide bonds. The summed E-state index contributed by atoms with van der Waals surface area (Å²) in [7, 11) is 2.09. The normalized spacial score (nSPS) is 28.2. The minimum atomic E-state index is -0.865. The van der Waals surface area contributed by atoms with Gasteiger partial charge in [-0.3, -0.25) is 0 Å². The molecule has 2 fully saturated rings. The number of piperidine rings is 2. The van der Waals surface area contributed by atoms with Crippen LogP contribution in [-0.4, -0.2) is 43.8 Å². The second-order valence-electron chi connectivity index (χ2n) is 6.87. The summed E-state index contributed by atoms with van der Waals surface area (Å²) in [4.78, 5) is 2.24. The Bertz CT molecular complexity index is 253. The summed E-state index contributed by atoms with van der Waals surface area (Å²) in [5.41, 5.74) is -0.400. The minimum Gasteiger partial charge on any atom is -0.317 e. The summed E-state index contributed by atoms with van der Waals surface area (Å²) in [6.07, 6.45) is 7.05. The Kier molecular flexibility index (Phi) is 4.65. The molecule has 0 aromatic carbocycles. The molecule has 0 spiro atoms. The highest BCUT2D eigenvalue weighted by molar-refractivity contribution is 4.87. The van der Waals surface area contributed by atoms with E-state index in [1.165, 1.54) is 19.3 Å². The maximum Gasteiger partial charge on any atom is 0.113 e. The standard InChI is InChI=1S/C15H29FN2/c1-14(6-10-17-11-7-14)4-3-5-15(16)8-12-18(2)13-9-15/h17H,3-13H2,1-2H3. The van der Waals surface area contributed by atoms with Crippen molar-refractivity contribution in [2.45, 2.75) is 57.5 Å². The zero-order chi connectivity index (χ0) is 13.1. The van der Waals surface area contributed by atoms with E-state index in [1.54, 1.807) is 0 Å². The molecule has 0 bridgehead atoms. The van der Waals surface area contributed by atoms with Crippen molar-refractivity contribution in [3.63, 3.8) is 0 Å². The van der Waals surface area contributed by atoms with Crippen LogP contribution in [0, 0.1) is 5.41 Å². The molecule has 3 heteroatoms. The molecule has 0 atom stereocenters. The van der Waals surface area contributed by atoms with Gasteiger partial charge < -0.3 is 10.2 Å². The topological polar surface area (TPSA) is 15.3 Å². The third-order valence-electron chi connectivity index (χ3n) is 5.10. The molecular weight excluding hydrogens is 227 g/mol. The lowest BCUT2D eigenvalue weighted by Crippen LogP contribution is -2.40. The molecule has 2 aliphatic rings. The maximum absolute atomic E-state index is 14.6. The fourth-order valence-electron chi connectivity index (χ4n) is 3.38. The highest BCUT2D eigenvalue weighted by Gasteiger charge is 2.34. The van der Waals surface area contributed by atoms with Gasteiger partial charge in [0.15, 0.2) is 0 Å². The zero-order valence-electron chi connectivity index (χ0n) is 12.1. The van der Waals surface area contributed by atoms with Crippen LogP contribution in [0.5, 0.6) is 0 Å². The first-order chi connectivity index (χ1) is 8.52. The van der Waals surface area contributed by atoms with Gasteiger partial charge in [-0.1, -0.05) is 6.92 Å². The second kappa shape index (κ2) is 5.87. The SMILES string of the molecule is CN1CCC(F)(CCCC2(C)CCNCC2)CC1. The van der Waals surface area contributed by atoms with Gasteiger partial charge in [0, 0.05) is 13.1 Å². The van der Waals surface area contributed by atoms with Gasteiger partial charge in [0.2, 0.25) is 0 Å². The van der Waals surface area contributed by atoms with E-state index >= 15 is 0 Å². The lowest BCUT2D eigenvalue weighted by atomic mass is 9.75. The van der Waals surface area contributed by atoms with Gasteiger partial charge >= 0.3 is 0 Å². The number of nitrogens with one attached hydrogen (secondary N) is 1. The predicted octanol–water partition coefficient (Wildman–Crippen LogP) is 2.98. The Morgan fingerprint density at radius 1 is 1.06 bits per heavy atom. The molecule has 18 heavy (non-hydrogen) atoms. The molecule has 0 saturated carbocycles. The molecule has 2 aliphatic heterocycles. The van der Waals surface area contributed by atoms with Crippen LogP contribution in [0.3, 0.4) is 0 Å². The van der Waals surface area contributed by atoms with Crippen LogP contribution in [0.2, 0.25) is 0 Å². The van der Waals surface area contributed by atoms with Gasteiger partial charge in [0.25, 0.3) is 0 Å². The van der Waals surface area contributed by atoms with E-state index in [0.29, 0.717) is 5.41 Å². The largest absolute Gasteiger partial charge is 0.317 e. The summed E-state index contributed by atoms with van der Waals surface area (Å²) in [5, 5.41) is 3.41. The van der Waals surface area contributed by atoms with Crippen molar-refractivity contribution in [3.05, 3.63) is 0 Å². The van der Waals surface area contributed by atoms with Crippen LogP contribution in [0.25, 0.3) is 0 Å². The van der Waals surface area contributed by atoms with Gasteiger partial charge in [0.1, 0.15) is 5.67 Å². The van der Waals surface area contributed by atoms with Crippen LogP contribution in [0.4, 0.5) is 4.39 Å². The molecule has 0 unspecified atom stereocenters. The molecule has 2 heterocycles. The van der Waals surface area contributed by atoms with E-state index in [9.17, 15) is 4.39 Å². The van der Waals surface area contributed by atoms with E-state index < -0.39 is 5.67 Å². The number of nitrogens with zero attached hydrogens (tertiary/aromatic N) is 1. The Hall–Kier alpha value is -0.150. The summed E-state index contributed by atoms with van der Waals surface area (Å²) < 4.78 is 14.6. The molecule has 1 N–H and O–H groups in total. The first-order valence-electron chi connectivity index (χ1n) is 7.60. The van der Waals surface area contributed by atoms with Crippen LogP contribution in [-0.2, 0) is 0 Å². The van der Waals surface area contributed by atoms with E-state index in [-0.39, 0.29) is 0 Å². The van der Waals surface area contributed by atoms with E-state index in [0.717, 1.165) is 51.9 Å². The monoisotopic (exact) mass is 256 g/mol. The summed E-state index contributed by atoms with van der Waals surface area (Å²) in [6.45, 7) is 6.52. The fraction of sp³-hybridized carbons (Fsp3) is 1.00. The molecule has 0 radical (unpaired) electrons. The average molecular weight is 256 g/mol. The van der Waals surface area contributed by atoms with Gasteiger partial charge in [0.05, 0.1) is 0 Å². The maximum atomic E-state index is 14.6. The Balaban J connectivity index is 1.71. The van der Waals surface area contributed by atoms with Gasteiger partial charge in [-0.25, -0.2) is 4.39 Å². The predicted molar refractivity (Wildman–Crippen MR) is 74.6 cm³/mol. The number of rotatable bonds is 4. The van der Waals surface area contributed by atoms with Crippen LogP contribution >= 0.6 is 0 Å². The molecule has 0 aromatic heterocycles. The Morgan fingerprint density at radius 2 is 1.67 bits per heavy atom. The molecule has 2 saturated heterocycles. The minimum absolute atomic E-state index is 0.465.